The third-order valence-electron chi connectivity index (χ3n) is 4.52. The van der Waals surface area contributed by atoms with Crippen molar-refractivity contribution in [1.82, 2.24) is 24.1 Å². The number of fused-ring (bicyclic) bond motifs is 5. The molecule has 0 bridgehead atoms. The topological polar surface area (TPSA) is 93.2 Å². The number of hydrogen-bond donors (Lipinski definition) is 0. The van der Waals surface area contributed by atoms with E-state index in [2.05, 4.69) is 20.0 Å². The van der Waals surface area contributed by atoms with E-state index >= 15 is 0 Å². The Morgan fingerprint density at radius 3 is 2.57 bits per heavy atom. The van der Waals surface area contributed by atoms with Crippen molar-refractivity contribution in [2.45, 2.75) is 0 Å². The summed E-state index contributed by atoms with van der Waals surface area (Å²) in [4.78, 5) is 26.2. The van der Waals surface area contributed by atoms with E-state index in [0.717, 1.165) is 20.4 Å². The van der Waals surface area contributed by atoms with Gasteiger partial charge < -0.3 is 0 Å². The molecule has 4 aromatic heterocycles. The number of nitrogens with zero attached hydrogens (tertiary/aromatic N) is 7. The average molecular weight is 402 g/mol. The van der Waals surface area contributed by atoms with E-state index in [4.69, 9.17) is 0 Å². The van der Waals surface area contributed by atoms with Crippen LogP contribution in [-0.4, -0.2) is 24.1 Å². The zero-order chi connectivity index (χ0) is 18.8. The molecule has 10 heteroatoms. The number of benzene rings is 2. The number of rotatable bonds is 1. The van der Waals surface area contributed by atoms with Crippen LogP contribution in [-0.2, 0) is 0 Å². The Morgan fingerprint density at radius 2 is 1.75 bits per heavy atom. The molecule has 0 saturated heterocycles. The SMILES string of the molecule is N#[N+]c1c2c(=O)n3c(nc2nn1-c1nc2ccccc2s1)sc1ccccc13. The standard InChI is InChI=1S/C18H8N7OS2/c19-22-15-13-14(23-25(15)18-20-9-5-1-3-7-11(9)27-18)21-17-24(16(13)26)10-6-2-4-8-12(10)28-17/h1-8H/q+1. The summed E-state index contributed by atoms with van der Waals surface area (Å²) in [7, 11) is 0. The predicted molar refractivity (Wildman–Crippen MR) is 109 cm³/mol. The molecule has 0 aliphatic carbocycles. The molecule has 2 aromatic carbocycles. The van der Waals surface area contributed by atoms with Gasteiger partial charge >= 0.3 is 10.9 Å². The molecule has 0 spiro atoms. The molecule has 4 heterocycles. The van der Waals surface area contributed by atoms with Crippen molar-refractivity contribution in [3.05, 3.63) is 63.9 Å². The Kier molecular flexibility index (Phi) is 2.98. The first kappa shape index (κ1) is 15.4. The lowest BCUT2D eigenvalue weighted by Crippen LogP contribution is -2.12. The van der Waals surface area contributed by atoms with Crippen LogP contribution in [0.3, 0.4) is 0 Å². The Morgan fingerprint density at radius 1 is 0.964 bits per heavy atom. The second-order valence-corrected chi connectivity index (χ2v) is 8.12. The van der Waals surface area contributed by atoms with E-state index in [9.17, 15) is 10.2 Å². The minimum Gasteiger partial charge on any atom is -0.268 e. The van der Waals surface area contributed by atoms with Crippen LogP contribution in [0.2, 0.25) is 0 Å². The Balaban J connectivity index is 1.74. The highest BCUT2D eigenvalue weighted by Gasteiger charge is 2.31. The van der Waals surface area contributed by atoms with Gasteiger partial charge in [-0.15, -0.1) is 0 Å². The van der Waals surface area contributed by atoms with E-state index in [-0.39, 0.29) is 22.4 Å². The van der Waals surface area contributed by atoms with Crippen molar-refractivity contribution >= 4 is 64.9 Å². The lowest BCUT2D eigenvalue weighted by molar-refractivity contribution is 0.894. The Bertz CT molecular complexity index is 1630. The smallest absolute Gasteiger partial charge is 0.268 e. The van der Waals surface area contributed by atoms with Crippen molar-refractivity contribution in [2.24, 2.45) is 0 Å². The summed E-state index contributed by atoms with van der Waals surface area (Å²) >= 11 is 2.80. The summed E-state index contributed by atoms with van der Waals surface area (Å²) in [6.07, 6.45) is 0. The molecular weight excluding hydrogens is 394 g/mol. The summed E-state index contributed by atoms with van der Waals surface area (Å²) in [5, 5.41) is 14.8. The highest BCUT2D eigenvalue weighted by atomic mass is 32.1. The van der Waals surface area contributed by atoms with E-state index in [1.807, 2.05) is 48.5 Å². The molecule has 0 saturated carbocycles. The highest BCUT2D eigenvalue weighted by molar-refractivity contribution is 7.23. The number of aromatic nitrogens is 5. The van der Waals surface area contributed by atoms with Gasteiger partial charge in [-0.1, -0.05) is 52.0 Å². The molecule has 0 radical (unpaired) electrons. The van der Waals surface area contributed by atoms with Crippen molar-refractivity contribution in [2.75, 3.05) is 0 Å². The van der Waals surface area contributed by atoms with Crippen LogP contribution in [0.4, 0.5) is 5.82 Å². The van der Waals surface area contributed by atoms with Gasteiger partial charge in [0.1, 0.15) is 0 Å². The third-order valence-corrected chi connectivity index (χ3v) is 6.55. The first-order valence-corrected chi connectivity index (χ1v) is 9.92. The summed E-state index contributed by atoms with van der Waals surface area (Å²) in [5.74, 6) is 0.0243. The highest BCUT2D eigenvalue weighted by Crippen LogP contribution is 2.32. The second-order valence-electron chi connectivity index (χ2n) is 6.10. The molecule has 0 unspecified atom stereocenters. The fraction of sp³-hybridized carbons (Fsp3) is 0. The lowest BCUT2D eigenvalue weighted by atomic mass is 10.3. The van der Waals surface area contributed by atoms with Crippen LogP contribution >= 0.6 is 22.7 Å². The zero-order valence-electron chi connectivity index (χ0n) is 14.0. The minimum absolute atomic E-state index is 0.0243. The van der Waals surface area contributed by atoms with Gasteiger partial charge in [0, 0.05) is 4.98 Å². The van der Waals surface area contributed by atoms with Crippen LogP contribution < -0.4 is 5.56 Å². The largest absolute Gasteiger partial charge is 0.468 e. The molecule has 0 aliphatic rings. The summed E-state index contributed by atoms with van der Waals surface area (Å²) in [5.41, 5.74) is 1.47. The number of diazo groups is 1. The summed E-state index contributed by atoms with van der Waals surface area (Å²) in [6, 6.07) is 15.2. The Labute approximate surface area is 163 Å². The molecule has 0 fully saturated rings. The van der Waals surface area contributed by atoms with E-state index in [1.54, 1.807) is 0 Å². The van der Waals surface area contributed by atoms with E-state index < -0.39 is 0 Å². The first-order chi connectivity index (χ1) is 13.7. The molecule has 0 aliphatic heterocycles. The second kappa shape index (κ2) is 5.41. The lowest BCUT2D eigenvalue weighted by Gasteiger charge is -1.92. The maximum Gasteiger partial charge on any atom is 0.468 e. The van der Waals surface area contributed by atoms with Crippen molar-refractivity contribution in [3.8, 4) is 5.13 Å². The van der Waals surface area contributed by atoms with Gasteiger partial charge in [0.25, 0.3) is 5.56 Å². The van der Waals surface area contributed by atoms with Crippen molar-refractivity contribution in [3.63, 3.8) is 0 Å². The molecule has 132 valence electrons. The monoisotopic (exact) mass is 402 g/mol. The van der Waals surface area contributed by atoms with Crippen molar-refractivity contribution < 1.29 is 0 Å². The number of para-hydroxylation sites is 2. The summed E-state index contributed by atoms with van der Waals surface area (Å²) < 4.78 is 4.82. The van der Waals surface area contributed by atoms with Gasteiger partial charge in [0.05, 0.1) is 25.8 Å². The van der Waals surface area contributed by atoms with Crippen LogP contribution in [0, 0.1) is 5.39 Å². The molecule has 0 amide bonds. The van der Waals surface area contributed by atoms with Gasteiger partial charge in [-0.05, 0) is 28.9 Å². The quantitative estimate of drug-likeness (QED) is 0.381. The minimum atomic E-state index is -0.322. The third kappa shape index (κ3) is 1.94. The van der Waals surface area contributed by atoms with Crippen molar-refractivity contribution in [1.29, 1.82) is 5.39 Å². The molecule has 0 atom stereocenters. The molecule has 28 heavy (non-hydrogen) atoms. The van der Waals surface area contributed by atoms with E-state index in [0.29, 0.717) is 10.1 Å². The fourth-order valence-electron chi connectivity index (χ4n) is 3.29. The van der Waals surface area contributed by atoms with Gasteiger partial charge in [-0.3, -0.25) is 4.79 Å². The van der Waals surface area contributed by atoms with Gasteiger partial charge in [0.2, 0.25) is 11.0 Å². The number of hydrogen-bond acceptors (Lipinski definition) is 7. The molecule has 6 aromatic rings. The Hall–Kier alpha value is -3.68. The fourth-order valence-corrected chi connectivity index (χ4v) is 5.22. The zero-order valence-corrected chi connectivity index (χ0v) is 15.6. The van der Waals surface area contributed by atoms with Gasteiger partial charge in [-0.25, -0.2) is 4.40 Å². The normalized spacial score (nSPS) is 11.7. The molecule has 8 nitrogen and oxygen atoms in total. The first-order valence-electron chi connectivity index (χ1n) is 8.28. The molecular formula is C18H8N7OS2+. The average Bonchev–Trinajstić information content (AvgIpc) is 3.40. The van der Waals surface area contributed by atoms with E-state index in [1.165, 1.54) is 31.8 Å². The molecule has 6 rings (SSSR count). The number of thiazole rings is 2. The predicted octanol–water partition coefficient (Wildman–Crippen LogP) is 4.34. The van der Waals surface area contributed by atoms with Crippen LogP contribution in [0.5, 0.6) is 0 Å². The maximum absolute atomic E-state index is 13.2. The molecule has 0 N–H and O–H groups in total. The maximum atomic E-state index is 13.2. The van der Waals surface area contributed by atoms with Gasteiger partial charge in [-0.2, -0.15) is 9.97 Å². The van der Waals surface area contributed by atoms with Crippen LogP contribution in [0.25, 0.3) is 46.5 Å². The van der Waals surface area contributed by atoms with Crippen LogP contribution in [0.15, 0.2) is 53.3 Å². The summed E-state index contributed by atoms with van der Waals surface area (Å²) in [6.45, 7) is 0. The van der Waals surface area contributed by atoms with Crippen LogP contribution in [0.1, 0.15) is 0 Å². The van der Waals surface area contributed by atoms with Gasteiger partial charge in [0.15, 0.2) is 4.96 Å².